The SMILES string of the molecule is COc1cc(NC(=O)N2CCC(C(=O)O)C2)ccc1Cl. The van der Waals surface area contributed by atoms with Crippen molar-refractivity contribution in [1.82, 2.24) is 4.90 Å². The van der Waals surface area contributed by atoms with Crippen LogP contribution in [-0.2, 0) is 4.79 Å². The number of nitrogens with zero attached hydrogens (tertiary/aromatic N) is 1. The molecule has 0 aliphatic carbocycles. The largest absolute Gasteiger partial charge is 0.495 e. The van der Waals surface area contributed by atoms with E-state index in [0.717, 1.165) is 0 Å². The third kappa shape index (κ3) is 3.14. The van der Waals surface area contributed by atoms with E-state index in [-0.39, 0.29) is 12.6 Å². The fraction of sp³-hybridized carbons (Fsp3) is 0.385. The Hall–Kier alpha value is -1.95. The van der Waals surface area contributed by atoms with Crippen LogP contribution in [0.15, 0.2) is 18.2 Å². The molecule has 1 aliphatic rings. The Balaban J connectivity index is 2.00. The summed E-state index contributed by atoms with van der Waals surface area (Å²) in [6.45, 7) is 0.666. The van der Waals surface area contributed by atoms with Crippen molar-refractivity contribution in [1.29, 1.82) is 0 Å². The van der Waals surface area contributed by atoms with E-state index in [1.54, 1.807) is 18.2 Å². The van der Waals surface area contributed by atoms with E-state index >= 15 is 0 Å². The lowest BCUT2D eigenvalue weighted by atomic mass is 10.1. The van der Waals surface area contributed by atoms with Crippen molar-refractivity contribution >= 4 is 29.3 Å². The Morgan fingerprint density at radius 2 is 2.25 bits per heavy atom. The third-order valence-electron chi connectivity index (χ3n) is 3.23. The van der Waals surface area contributed by atoms with Gasteiger partial charge in [-0.2, -0.15) is 0 Å². The quantitative estimate of drug-likeness (QED) is 0.897. The molecular formula is C13H15ClN2O4. The molecule has 7 heteroatoms. The summed E-state index contributed by atoms with van der Waals surface area (Å²) in [6.07, 6.45) is 0.479. The molecule has 1 fully saturated rings. The second kappa shape index (κ2) is 6.00. The molecule has 20 heavy (non-hydrogen) atoms. The number of amides is 2. The second-order valence-corrected chi connectivity index (χ2v) is 4.96. The molecule has 0 aromatic heterocycles. The van der Waals surface area contributed by atoms with Gasteiger partial charge < -0.3 is 20.1 Å². The summed E-state index contributed by atoms with van der Waals surface area (Å²) in [5.74, 6) is -0.886. The third-order valence-corrected chi connectivity index (χ3v) is 3.54. The molecule has 1 aromatic rings. The average molecular weight is 299 g/mol. The molecule has 2 N–H and O–H groups in total. The summed E-state index contributed by atoms with van der Waals surface area (Å²) in [7, 11) is 1.49. The first-order valence-electron chi connectivity index (χ1n) is 6.13. The number of carbonyl (C=O) groups excluding carboxylic acids is 1. The molecule has 2 rings (SSSR count). The summed E-state index contributed by atoms with van der Waals surface area (Å²) in [6, 6.07) is 4.58. The number of likely N-dealkylation sites (tertiary alicyclic amines) is 1. The van der Waals surface area contributed by atoms with Gasteiger partial charge in [0.1, 0.15) is 5.75 Å². The number of halogens is 1. The molecule has 0 radical (unpaired) electrons. The summed E-state index contributed by atoms with van der Waals surface area (Å²) in [5, 5.41) is 12.1. The van der Waals surface area contributed by atoms with Crippen LogP contribution in [0.1, 0.15) is 6.42 Å². The van der Waals surface area contributed by atoms with E-state index in [1.807, 2.05) is 0 Å². The molecule has 108 valence electrons. The average Bonchev–Trinajstić information content (AvgIpc) is 2.91. The van der Waals surface area contributed by atoms with E-state index in [1.165, 1.54) is 12.0 Å². The number of carbonyl (C=O) groups is 2. The lowest BCUT2D eigenvalue weighted by Crippen LogP contribution is -2.33. The van der Waals surface area contributed by atoms with Gasteiger partial charge in [-0.05, 0) is 18.6 Å². The first-order chi connectivity index (χ1) is 9.51. The minimum atomic E-state index is -0.867. The highest BCUT2D eigenvalue weighted by atomic mass is 35.5. The number of nitrogens with one attached hydrogen (secondary N) is 1. The van der Waals surface area contributed by atoms with Crippen molar-refractivity contribution in [2.45, 2.75) is 6.42 Å². The van der Waals surface area contributed by atoms with Crippen LogP contribution in [0.25, 0.3) is 0 Å². The van der Waals surface area contributed by atoms with Gasteiger partial charge >= 0.3 is 12.0 Å². The predicted molar refractivity (Wildman–Crippen MR) is 74.3 cm³/mol. The highest BCUT2D eigenvalue weighted by Gasteiger charge is 2.30. The Bertz CT molecular complexity index is 535. The first kappa shape index (κ1) is 14.5. The van der Waals surface area contributed by atoms with E-state index in [0.29, 0.717) is 29.4 Å². The lowest BCUT2D eigenvalue weighted by molar-refractivity contribution is -0.141. The molecular weight excluding hydrogens is 284 g/mol. The van der Waals surface area contributed by atoms with Crippen molar-refractivity contribution in [3.63, 3.8) is 0 Å². The highest BCUT2D eigenvalue weighted by molar-refractivity contribution is 6.32. The normalized spacial score (nSPS) is 17.9. The van der Waals surface area contributed by atoms with E-state index in [9.17, 15) is 9.59 Å². The maximum absolute atomic E-state index is 12.0. The number of rotatable bonds is 3. The first-order valence-corrected chi connectivity index (χ1v) is 6.51. The van der Waals surface area contributed by atoms with Crippen molar-refractivity contribution in [3.05, 3.63) is 23.2 Å². The molecule has 1 unspecified atom stereocenters. The zero-order valence-electron chi connectivity index (χ0n) is 10.9. The van der Waals surface area contributed by atoms with Crippen LogP contribution in [0, 0.1) is 5.92 Å². The van der Waals surface area contributed by atoms with E-state index < -0.39 is 11.9 Å². The summed E-state index contributed by atoms with van der Waals surface area (Å²) >= 11 is 5.90. The molecule has 6 nitrogen and oxygen atoms in total. The fourth-order valence-electron chi connectivity index (χ4n) is 2.09. The minimum Gasteiger partial charge on any atom is -0.495 e. The van der Waals surface area contributed by atoms with Crippen LogP contribution in [0.2, 0.25) is 5.02 Å². The van der Waals surface area contributed by atoms with Crippen LogP contribution in [0.3, 0.4) is 0 Å². The van der Waals surface area contributed by atoms with Crippen molar-refractivity contribution < 1.29 is 19.4 Å². The molecule has 1 aliphatic heterocycles. The minimum absolute atomic E-state index is 0.228. The van der Waals surface area contributed by atoms with Gasteiger partial charge in [0.15, 0.2) is 0 Å². The molecule has 0 spiro atoms. The van der Waals surface area contributed by atoms with E-state index in [4.69, 9.17) is 21.4 Å². The molecule has 0 saturated carbocycles. The van der Waals surface area contributed by atoms with Gasteiger partial charge in [-0.3, -0.25) is 4.79 Å². The standard InChI is InChI=1S/C13H15ClN2O4/c1-20-11-6-9(2-3-10(11)14)15-13(19)16-5-4-8(7-16)12(17)18/h2-3,6,8H,4-5,7H2,1H3,(H,15,19)(H,17,18). The number of ether oxygens (including phenoxy) is 1. The Morgan fingerprint density at radius 3 is 2.85 bits per heavy atom. The van der Waals surface area contributed by atoms with Crippen LogP contribution >= 0.6 is 11.6 Å². The van der Waals surface area contributed by atoms with E-state index in [2.05, 4.69) is 5.32 Å². The summed E-state index contributed by atoms with van der Waals surface area (Å²) < 4.78 is 5.07. The number of aliphatic carboxylic acids is 1. The number of benzene rings is 1. The smallest absolute Gasteiger partial charge is 0.321 e. The Morgan fingerprint density at radius 1 is 1.50 bits per heavy atom. The molecule has 2 amide bonds. The second-order valence-electron chi connectivity index (χ2n) is 4.55. The zero-order chi connectivity index (χ0) is 14.7. The van der Waals surface area contributed by atoms with Gasteiger partial charge in [-0.25, -0.2) is 4.79 Å². The number of urea groups is 1. The maximum Gasteiger partial charge on any atom is 0.321 e. The number of carboxylic acid groups (broad SMARTS) is 1. The molecule has 1 atom stereocenters. The molecule has 1 aromatic carbocycles. The lowest BCUT2D eigenvalue weighted by Gasteiger charge is -2.17. The Kier molecular flexibility index (Phi) is 4.34. The summed E-state index contributed by atoms with van der Waals surface area (Å²) in [4.78, 5) is 24.4. The van der Waals surface area contributed by atoms with Crippen LogP contribution in [-0.4, -0.2) is 42.2 Å². The van der Waals surface area contributed by atoms with Gasteiger partial charge in [-0.1, -0.05) is 11.6 Å². The maximum atomic E-state index is 12.0. The van der Waals surface area contributed by atoms with Gasteiger partial charge in [0.25, 0.3) is 0 Å². The fourth-order valence-corrected chi connectivity index (χ4v) is 2.28. The number of anilines is 1. The predicted octanol–water partition coefficient (Wildman–Crippen LogP) is 2.29. The van der Waals surface area contributed by atoms with Crippen molar-refractivity contribution in [2.75, 3.05) is 25.5 Å². The summed E-state index contributed by atoms with van der Waals surface area (Å²) in [5.41, 5.74) is 0.551. The Labute approximate surface area is 121 Å². The molecule has 1 heterocycles. The monoisotopic (exact) mass is 298 g/mol. The number of hydrogen-bond donors (Lipinski definition) is 2. The van der Waals surface area contributed by atoms with Gasteiger partial charge in [0.05, 0.1) is 18.1 Å². The van der Waals surface area contributed by atoms with Gasteiger partial charge in [-0.15, -0.1) is 0 Å². The zero-order valence-corrected chi connectivity index (χ0v) is 11.7. The number of carboxylic acids is 1. The van der Waals surface area contributed by atoms with Crippen LogP contribution in [0.4, 0.5) is 10.5 Å². The van der Waals surface area contributed by atoms with Crippen LogP contribution < -0.4 is 10.1 Å². The number of methoxy groups -OCH3 is 1. The van der Waals surface area contributed by atoms with Crippen LogP contribution in [0.5, 0.6) is 5.75 Å². The number of hydrogen-bond acceptors (Lipinski definition) is 3. The van der Waals surface area contributed by atoms with Crippen molar-refractivity contribution in [3.8, 4) is 5.75 Å². The highest BCUT2D eigenvalue weighted by Crippen LogP contribution is 2.27. The molecule has 0 bridgehead atoms. The van der Waals surface area contributed by atoms with Gasteiger partial charge in [0, 0.05) is 24.8 Å². The molecule has 1 saturated heterocycles. The topological polar surface area (TPSA) is 78.9 Å². The van der Waals surface area contributed by atoms with Crippen molar-refractivity contribution in [2.24, 2.45) is 5.92 Å². The van der Waals surface area contributed by atoms with Gasteiger partial charge in [0.2, 0.25) is 0 Å².